The lowest BCUT2D eigenvalue weighted by molar-refractivity contribution is -0.118. The number of carbonyl (C=O) groups excluding carboxylic acids is 1. The van der Waals surface area contributed by atoms with Crippen LogP contribution in [-0.4, -0.2) is 18.6 Å². The topological polar surface area (TPSA) is 78.3 Å². The summed E-state index contributed by atoms with van der Waals surface area (Å²) in [5.41, 5.74) is 12.9. The zero-order chi connectivity index (χ0) is 27.5. The monoisotopic (exact) mass is 549 g/mol. The maximum absolute atomic E-state index is 12.5. The van der Waals surface area contributed by atoms with Gasteiger partial charge in [-0.15, -0.1) is 17.3 Å². The average molecular weight is 550 g/mol. The maximum atomic E-state index is 12.5. The van der Waals surface area contributed by atoms with Gasteiger partial charge in [0.25, 0.3) is 0 Å². The molecule has 1 atom stereocenters. The van der Waals surface area contributed by atoms with E-state index in [-0.39, 0.29) is 18.0 Å². The fourth-order valence-corrected chi connectivity index (χ4v) is 6.44. The molecular weight excluding hydrogens is 518 g/mol. The number of anilines is 1. The smallest absolute Gasteiger partial charge is 0.226 e. The van der Waals surface area contributed by atoms with Crippen LogP contribution in [0.2, 0.25) is 0 Å². The molecule has 0 radical (unpaired) electrons. The van der Waals surface area contributed by atoms with Crippen LogP contribution in [-0.2, 0) is 17.8 Å². The first-order chi connectivity index (χ1) is 19.6. The van der Waals surface area contributed by atoms with Crippen molar-refractivity contribution in [2.45, 2.75) is 51.8 Å². The normalized spacial score (nSPS) is 14.8. The third kappa shape index (κ3) is 5.13. The molecule has 40 heavy (non-hydrogen) atoms. The summed E-state index contributed by atoms with van der Waals surface area (Å²) in [6.07, 6.45) is 2.14. The summed E-state index contributed by atoms with van der Waals surface area (Å²) in [5, 5.41) is 11.0. The number of carbonyl (C=O) groups is 1. The third-order valence-electron chi connectivity index (χ3n) is 7.51. The Morgan fingerprint density at radius 2 is 1.95 bits per heavy atom. The molecule has 0 aliphatic carbocycles. The molecule has 7 nitrogen and oxygen atoms in total. The standard InChI is InChI=1S/C32H31N5O2S/c1-3-6-23(18-31-33-35-36-34-31)22-10-12-24(13-11-22)39-19-21-9-14-30-27(17-21)28(20-40-30)25-7-5-8-29-26(25)15-16-37(29)32(38)4-2/h5,7-14,17,20,23,31H,4,15-16,18-19H2,1-2H3,(H,33,36)(H,34,35)/t23-/m0/s1. The second-order valence-corrected chi connectivity index (χ2v) is 10.9. The van der Waals surface area contributed by atoms with Gasteiger partial charge in [-0.05, 0) is 71.3 Å². The van der Waals surface area contributed by atoms with Crippen molar-refractivity contribution < 1.29 is 9.53 Å². The Balaban J connectivity index is 1.18. The summed E-state index contributed by atoms with van der Waals surface area (Å²) in [4.78, 5) is 14.4. The Morgan fingerprint density at radius 3 is 2.73 bits per heavy atom. The van der Waals surface area contributed by atoms with Crippen molar-refractivity contribution in [1.82, 2.24) is 10.9 Å². The number of thiophene rings is 1. The van der Waals surface area contributed by atoms with Crippen molar-refractivity contribution in [2.24, 2.45) is 10.4 Å². The fraction of sp³-hybridized carbons (Fsp3) is 0.281. The maximum Gasteiger partial charge on any atom is 0.226 e. The van der Waals surface area contributed by atoms with Gasteiger partial charge in [0.1, 0.15) is 18.5 Å². The number of amides is 1. The molecule has 0 spiro atoms. The highest BCUT2D eigenvalue weighted by Crippen LogP contribution is 2.41. The highest BCUT2D eigenvalue weighted by molar-refractivity contribution is 7.17. The molecule has 8 heteroatoms. The van der Waals surface area contributed by atoms with Gasteiger partial charge in [-0.25, -0.2) is 0 Å². The summed E-state index contributed by atoms with van der Waals surface area (Å²) < 4.78 is 7.43. The van der Waals surface area contributed by atoms with Crippen molar-refractivity contribution in [3.63, 3.8) is 0 Å². The number of hydrogen-bond acceptors (Lipinski definition) is 7. The minimum atomic E-state index is -0.0200. The number of hydrogen-bond donors (Lipinski definition) is 2. The molecular formula is C32H31N5O2S. The molecule has 0 fully saturated rings. The number of nitrogens with zero attached hydrogens (tertiary/aromatic N) is 3. The average Bonchev–Trinajstić information content (AvgIpc) is 3.75. The first-order valence-electron chi connectivity index (χ1n) is 13.6. The summed E-state index contributed by atoms with van der Waals surface area (Å²) in [6, 6.07) is 21.1. The molecule has 202 valence electrons. The van der Waals surface area contributed by atoms with Crippen LogP contribution in [0.5, 0.6) is 5.75 Å². The van der Waals surface area contributed by atoms with Crippen molar-refractivity contribution in [3.8, 4) is 28.7 Å². The van der Waals surface area contributed by atoms with Gasteiger partial charge in [0, 0.05) is 46.6 Å². The number of ether oxygens (including phenoxy) is 1. The van der Waals surface area contributed by atoms with Crippen LogP contribution in [0.25, 0.3) is 21.2 Å². The largest absolute Gasteiger partial charge is 0.489 e. The zero-order valence-electron chi connectivity index (χ0n) is 22.6. The lowest BCUT2D eigenvalue weighted by Crippen LogP contribution is -2.32. The molecule has 0 bridgehead atoms. The number of fused-ring (bicyclic) bond motifs is 2. The van der Waals surface area contributed by atoms with E-state index < -0.39 is 0 Å². The lowest BCUT2D eigenvalue weighted by Gasteiger charge is -2.17. The van der Waals surface area contributed by atoms with Crippen LogP contribution in [0.4, 0.5) is 5.69 Å². The van der Waals surface area contributed by atoms with Crippen LogP contribution in [0.15, 0.2) is 76.5 Å². The van der Waals surface area contributed by atoms with E-state index in [1.54, 1.807) is 11.3 Å². The van der Waals surface area contributed by atoms with Gasteiger partial charge >= 0.3 is 0 Å². The lowest BCUT2D eigenvalue weighted by atomic mass is 9.95. The Labute approximate surface area is 238 Å². The highest BCUT2D eigenvalue weighted by atomic mass is 32.1. The van der Waals surface area contributed by atoms with Gasteiger partial charge in [-0.1, -0.05) is 53.6 Å². The first-order valence-corrected chi connectivity index (χ1v) is 14.5. The van der Waals surface area contributed by atoms with E-state index in [1.807, 2.05) is 30.9 Å². The van der Waals surface area contributed by atoms with E-state index >= 15 is 0 Å². The van der Waals surface area contributed by atoms with Gasteiger partial charge < -0.3 is 9.64 Å². The number of nitrogens with one attached hydrogen (secondary N) is 2. The molecule has 3 heterocycles. The second kappa shape index (κ2) is 11.4. The van der Waals surface area contributed by atoms with Crippen LogP contribution in [0, 0.1) is 11.8 Å². The second-order valence-electron chi connectivity index (χ2n) is 9.98. The van der Waals surface area contributed by atoms with Gasteiger partial charge in [0.2, 0.25) is 5.91 Å². The van der Waals surface area contributed by atoms with Crippen LogP contribution in [0.3, 0.4) is 0 Å². The molecule has 1 amide bonds. The molecule has 0 saturated heterocycles. The molecule has 4 aromatic rings. The molecule has 6 rings (SSSR count). The van der Waals surface area contributed by atoms with Crippen LogP contribution < -0.4 is 20.5 Å². The molecule has 2 aliphatic heterocycles. The number of rotatable bonds is 8. The van der Waals surface area contributed by atoms with E-state index in [2.05, 4.69) is 87.0 Å². The van der Waals surface area contributed by atoms with Gasteiger partial charge in [0.05, 0.1) is 0 Å². The van der Waals surface area contributed by atoms with Crippen molar-refractivity contribution in [3.05, 3.63) is 82.7 Å². The molecule has 2 N–H and O–H groups in total. The molecule has 1 aromatic heterocycles. The summed E-state index contributed by atoms with van der Waals surface area (Å²) in [5.74, 6) is 7.40. The molecule has 2 aliphatic rings. The minimum absolute atomic E-state index is 0.0200. The van der Waals surface area contributed by atoms with Gasteiger partial charge in [-0.2, -0.15) is 0 Å². The summed E-state index contributed by atoms with van der Waals surface area (Å²) in [7, 11) is 0. The SMILES string of the molecule is CC#C[C@@H](CC1NN=NN1)c1ccc(OCc2ccc3scc(-c4cccc5c4CCN5C(=O)CC)c3c2)cc1. The number of benzene rings is 3. The van der Waals surface area contributed by atoms with Crippen molar-refractivity contribution >= 4 is 33.0 Å². The predicted molar refractivity (Wildman–Crippen MR) is 160 cm³/mol. The summed E-state index contributed by atoms with van der Waals surface area (Å²) >= 11 is 1.76. The molecule has 3 aromatic carbocycles. The van der Waals surface area contributed by atoms with Crippen LogP contribution >= 0.6 is 11.3 Å². The Hall–Kier alpha value is -4.35. The molecule has 0 saturated carbocycles. The first kappa shape index (κ1) is 25.9. The fourth-order valence-electron chi connectivity index (χ4n) is 5.49. The van der Waals surface area contributed by atoms with Gasteiger partial charge in [-0.3, -0.25) is 15.6 Å². The van der Waals surface area contributed by atoms with Gasteiger partial charge in [0.15, 0.2) is 0 Å². The Morgan fingerprint density at radius 1 is 1.12 bits per heavy atom. The van der Waals surface area contributed by atoms with Crippen molar-refractivity contribution in [1.29, 1.82) is 0 Å². The predicted octanol–water partition coefficient (Wildman–Crippen LogP) is 6.74. The Kier molecular flexibility index (Phi) is 7.39. The van der Waals surface area contributed by atoms with E-state index in [1.165, 1.54) is 26.8 Å². The minimum Gasteiger partial charge on any atom is -0.489 e. The zero-order valence-corrected chi connectivity index (χ0v) is 23.4. The molecule has 0 unspecified atom stereocenters. The Bertz CT molecular complexity index is 1620. The van der Waals surface area contributed by atoms with E-state index in [9.17, 15) is 4.79 Å². The van der Waals surface area contributed by atoms with Crippen molar-refractivity contribution in [2.75, 3.05) is 11.4 Å². The third-order valence-corrected chi connectivity index (χ3v) is 8.48. The van der Waals surface area contributed by atoms with E-state index in [4.69, 9.17) is 4.74 Å². The quantitative estimate of drug-likeness (QED) is 0.239. The van der Waals surface area contributed by atoms with E-state index in [0.29, 0.717) is 13.0 Å². The van der Waals surface area contributed by atoms with Crippen LogP contribution in [0.1, 0.15) is 49.3 Å². The highest BCUT2D eigenvalue weighted by Gasteiger charge is 2.26. The summed E-state index contributed by atoms with van der Waals surface area (Å²) in [6.45, 7) is 5.02. The van der Waals surface area contributed by atoms with E-state index in [0.717, 1.165) is 42.0 Å².